The van der Waals surface area contributed by atoms with Crippen molar-refractivity contribution in [3.8, 4) is 11.1 Å². The normalized spacial score (nSPS) is 13.8. The number of primary amides is 1. The Morgan fingerprint density at radius 2 is 1.97 bits per heavy atom. The van der Waals surface area contributed by atoms with Crippen LogP contribution in [0.5, 0.6) is 0 Å². The second kappa shape index (κ2) is 8.70. The van der Waals surface area contributed by atoms with Crippen molar-refractivity contribution in [1.29, 1.82) is 0 Å². The summed E-state index contributed by atoms with van der Waals surface area (Å²) in [4.78, 5) is 27.2. The van der Waals surface area contributed by atoms with Crippen LogP contribution in [0, 0.1) is 5.82 Å². The molecule has 0 radical (unpaired) electrons. The average Bonchev–Trinajstić information content (AvgIpc) is 3.22. The van der Waals surface area contributed by atoms with Crippen molar-refractivity contribution in [2.24, 2.45) is 5.73 Å². The molecule has 2 heterocycles. The maximum absolute atomic E-state index is 15.2. The van der Waals surface area contributed by atoms with Gasteiger partial charge in [-0.2, -0.15) is 5.10 Å². The van der Waals surface area contributed by atoms with Crippen LogP contribution in [-0.2, 0) is 18.4 Å². The van der Waals surface area contributed by atoms with Gasteiger partial charge < -0.3 is 21.5 Å². The minimum absolute atomic E-state index is 0.0529. The Bertz CT molecular complexity index is 1590. The van der Waals surface area contributed by atoms with Crippen LogP contribution in [0.2, 0.25) is 0 Å². The molecular formula is C28H28FN5O3. The number of fused-ring (bicyclic) bond motifs is 2. The number of nitrogens with two attached hydrogens (primary N) is 2. The van der Waals surface area contributed by atoms with Gasteiger partial charge >= 0.3 is 0 Å². The van der Waals surface area contributed by atoms with E-state index in [0.29, 0.717) is 51.8 Å². The van der Waals surface area contributed by atoms with Gasteiger partial charge in [0.25, 0.3) is 11.8 Å². The first-order valence-electron chi connectivity index (χ1n) is 12.0. The number of aliphatic hydroxyl groups is 1. The van der Waals surface area contributed by atoms with Crippen molar-refractivity contribution in [1.82, 2.24) is 10.2 Å². The maximum Gasteiger partial charge on any atom is 0.261 e. The van der Waals surface area contributed by atoms with E-state index < -0.39 is 24.2 Å². The first-order chi connectivity index (χ1) is 17.5. The van der Waals surface area contributed by atoms with E-state index in [2.05, 4.69) is 10.2 Å². The molecule has 4 aromatic rings. The fraction of sp³-hybridized carbons (Fsp3) is 0.250. The van der Waals surface area contributed by atoms with Gasteiger partial charge in [0.05, 0.1) is 28.9 Å². The van der Waals surface area contributed by atoms with E-state index in [0.717, 1.165) is 5.56 Å². The van der Waals surface area contributed by atoms with Gasteiger partial charge in [0, 0.05) is 17.5 Å². The van der Waals surface area contributed by atoms with Gasteiger partial charge in [-0.3, -0.25) is 14.7 Å². The van der Waals surface area contributed by atoms with Gasteiger partial charge in [-0.15, -0.1) is 0 Å². The lowest BCUT2D eigenvalue weighted by molar-refractivity contribution is 0.0973. The number of hydrogen-bond donors (Lipinski definition) is 4. The maximum atomic E-state index is 15.2. The predicted octanol–water partition coefficient (Wildman–Crippen LogP) is 4.04. The van der Waals surface area contributed by atoms with Gasteiger partial charge in [0.2, 0.25) is 0 Å². The quantitative estimate of drug-likeness (QED) is 0.334. The zero-order valence-corrected chi connectivity index (χ0v) is 20.9. The van der Waals surface area contributed by atoms with E-state index in [1.165, 1.54) is 11.0 Å². The van der Waals surface area contributed by atoms with Crippen molar-refractivity contribution in [2.75, 3.05) is 17.2 Å². The number of nitrogen functional groups attached to an aromatic ring is 1. The summed E-state index contributed by atoms with van der Waals surface area (Å²) in [6.45, 7) is 5.95. The lowest BCUT2D eigenvalue weighted by atomic mass is 9.83. The van der Waals surface area contributed by atoms with Crippen molar-refractivity contribution in [3.05, 3.63) is 76.1 Å². The molecule has 37 heavy (non-hydrogen) atoms. The third-order valence-electron chi connectivity index (χ3n) is 6.98. The standard InChI is InChI=1S/C28H28FN5O3/c1-28(2,3)16-9-14-7-8-34(27(37)23(14)21(29)12-16)22-6-4-5-17(20(22)13-35)15-10-18-24(32-33-25(18)30)19(11-15)26(31)36/h4-6,9-12,35H,7-8,13H2,1-3H3,(H2,31,36)(H3,30,32,33). The molecule has 0 bridgehead atoms. The summed E-state index contributed by atoms with van der Waals surface area (Å²) in [5.41, 5.74) is 15.6. The fourth-order valence-corrected chi connectivity index (χ4v) is 4.99. The van der Waals surface area contributed by atoms with Gasteiger partial charge in [0.15, 0.2) is 5.82 Å². The van der Waals surface area contributed by atoms with Crippen molar-refractivity contribution >= 4 is 34.2 Å². The summed E-state index contributed by atoms with van der Waals surface area (Å²) >= 11 is 0. The van der Waals surface area contributed by atoms with Gasteiger partial charge in [0.1, 0.15) is 5.82 Å². The number of halogens is 1. The molecule has 1 aliphatic heterocycles. The Hall–Kier alpha value is -4.24. The number of benzene rings is 3. The van der Waals surface area contributed by atoms with E-state index in [9.17, 15) is 14.7 Å². The van der Waals surface area contributed by atoms with Gasteiger partial charge in [-0.25, -0.2) is 4.39 Å². The minimum Gasteiger partial charge on any atom is -0.392 e. The van der Waals surface area contributed by atoms with Gasteiger partial charge in [-0.1, -0.05) is 39.0 Å². The molecule has 6 N–H and O–H groups in total. The monoisotopic (exact) mass is 501 g/mol. The average molecular weight is 502 g/mol. The molecule has 1 aliphatic rings. The third kappa shape index (κ3) is 4.01. The number of amides is 2. The smallest absolute Gasteiger partial charge is 0.261 e. The highest BCUT2D eigenvalue weighted by atomic mass is 19.1. The van der Waals surface area contributed by atoms with Crippen LogP contribution in [0.15, 0.2) is 42.5 Å². The molecule has 5 rings (SSSR count). The van der Waals surface area contributed by atoms with Crippen LogP contribution in [0.1, 0.15) is 58.2 Å². The molecule has 8 nitrogen and oxygen atoms in total. The Morgan fingerprint density at radius 3 is 2.65 bits per heavy atom. The molecule has 3 aromatic carbocycles. The molecule has 0 saturated heterocycles. The molecular weight excluding hydrogens is 473 g/mol. The van der Waals surface area contributed by atoms with E-state index in [1.807, 2.05) is 26.8 Å². The molecule has 190 valence electrons. The zero-order valence-electron chi connectivity index (χ0n) is 20.9. The summed E-state index contributed by atoms with van der Waals surface area (Å²) in [6, 6.07) is 11.9. The van der Waals surface area contributed by atoms with Crippen molar-refractivity contribution in [3.63, 3.8) is 0 Å². The van der Waals surface area contributed by atoms with E-state index in [-0.39, 0.29) is 22.4 Å². The summed E-state index contributed by atoms with van der Waals surface area (Å²) in [5, 5.41) is 17.6. The van der Waals surface area contributed by atoms with Crippen LogP contribution >= 0.6 is 0 Å². The number of aromatic amines is 1. The number of carbonyl (C=O) groups excluding carboxylic acids is 2. The molecule has 0 spiro atoms. The van der Waals surface area contributed by atoms with Crippen LogP contribution in [0.25, 0.3) is 22.0 Å². The Kier molecular flexibility index (Phi) is 5.75. The summed E-state index contributed by atoms with van der Waals surface area (Å²) in [6.07, 6.45) is 0.473. The molecule has 1 aromatic heterocycles. The number of carbonyl (C=O) groups is 2. The van der Waals surface area contributed by atoms with Crippen LogP contribution in [0.4, 0.5) is 15.9 Å². The molecule has 2 amide bonds. The number of aliphatic hydroxyl groups excluding tert-OH is 1. The predicted molar refractivity (Wildman–Crippen MR) is 141 cm³/mol. The number of aromatic nitrogens is 2. The lowest BCUT2D eigenvalue weighted by Crippen LogP contribution is -2.39. The van der Waals surface area contributed by atoms with Crippen LogP contribution in [-0.4, -0.2) is 33.7 Å². The highest BCUT2D eigenvalue weighted by Crippen LogP contribution is 2.38. The number of hydrogen-bond acceptors (Lipinski definition) is 5. The second-order valence-electron chi connectivity index (χ2n) is 10.3. The minimum atomic E-state index is -0.662. The Morgan fingerprint density at radius 1 is 1.22 bits per heavy atom. The Balaban J connectivity index is 1.63. The third-order valence-corrected chi connectivity index (χ3v) is 6.98. The zero-order chi connectivity index (χ0) is 26.6. The summed E-state index contributed by atoms with van der Waals surface area (Å²) in [7, 11) is 0. The first kappa shape index (κ1) is 24.5. The number of rotatable bonds is 4. The topological polar surface area (TPSA) is 138 Å². The SMILES string of the molecule is CC(C)(C)c1cc(F)c2c(c1)CCN(c1cccc(-c3cc(C(N)=O)c4[nH]nc(N)c4c3)c1CO)C2=O. The molecule has 0 unspecified atom stereocenters. The van der Waals surface area contributed by atoms with Crippen molar-refractivity contribution < 1.29 is 19.1 Å². The van der Waals surface area contributed by atoms with E-state index in [4.69, 9.17) is 11.5 Å². The van der Waals surface area contributed by atoms with E-state index >= 15 is 4.39 Å². The fourth-order valence-electron chi connectivity index (χ4n) is 4.99. The number of H-pyrrole nitrogens is 1. The van der Waals surface area contributed by atoms with Crippen molar-refractivity contribution in [2.45, 2.75) is 39.2 Å². The van der Waals surface area contributed by atoms with Gasteiger partial charge in [-0.05, 0) is 58.4 Å². The highest BCUT2D eigenvalue weighted by Gasteiger charge is 2.32. The first-order valence-corrected chi connectivity index (χ1v) is 12.0. The van der Waals surface area contributed by atoms with Crippen LogP contribution < -0.4 is 16.4 Å². The molecule has 0 saturated carbocycles. The number of nitrogens with zero attached hydrogens (tertiary/aromatic N) is 2. The summed E-state index contributed by atoms with van der Waals surface area (Å²) in [5.74, 6) is -1.47. The largest absolute Gasteiger partial charge is 0.392 e. The van der Waals surface area contributed by atoms with Crippen LogP contribution in [0.3, 0.4) is 0 Å². The lowest BCUT2D eigenvalue weighted by Gasteiger charge is -2.32. The molecule has 0 aliphatic carbocycles. The van der Waals surface area contributed by atoms with E-state index in [1.54, 1.807) is 30.3 Å². The molecule has 0 atom stereocenters. The summed E-state index contributed by atoms with van der Waals surface area (Å²) < 4.78 is 15.2. The molecule has 9 heteroatoms. The second-order valence-corrected chi connectivity index (χ2v) is 10.3. The Labute approximate surface area is 213 Å². The molecule has 0 fully saturated rings. The highest BCUT2D eigenvalue weighted by molar-refractivity contribution is 6.10. The number of nitrogens with one attached hydrogen (secondary N) is 1. The number of anilines is 2.